The molecule has 1 aromatic carbocycles. The molecule has 3 N–H and O–H groups in total. The number of nitrogens with one attached hydrogen (secondary N) is 1. The molecule has 3 rings (SSSR count). The SMILES string of the molecule is Cc1c(N)c(C2CCCCC2)cc2[nH]nnc12. The van der Waals surface area contributed by atoms with Crippen LogP contribution in [0.4, 0.5) is 5.69 Å². The van der Waals surface area contributed by atoms with Gasteiger partial charge in [0.05, 0.1) is 5.52 Å². The molecular weight excluding hydrogens is 212 g/mol. The highest BCUT2D eigenvalue weighted by Gasteiger charge is 2.20. The van der Waals surface area contributed by atoms with Crippen LogP contribution in [0.25, 0.3) is 11.0 Å². The summed E-state index contributed by atoms with van der Waals surface area (Å²) in [4.78, 5) is 0. The van der Waals surface area contributed by atoms with Crippen molar-refractivity contribution in [1.29, 1.82) is 0 Å². The summed E-state index contributed by atoms with van der Waals surface area (Å²) in [6, 6.07) is 2.15. The van der Waals surface area contributed by atoms with Gasteiger partial charge in [0.15, 0.2) is 0 Å². The lowest BCUT2D eigenvalue weighted by atomic mass is 9.82. The average Bonchev–Trinajstić information content (AvgIpc) is 2.83. The Hall–Kier alpha value is -1.58. The molecule has 2 aromatic rings. The first kappa shape index (κ1) is 10.6. The molecule has 0 radical (unpaired) electrons. The molecule has 1 aliphatic carbocycles. The van der Waals surface area contributed by atoms with Crippen LogP contribution in [0.2, 0.25) is 0 Å². The fourth-order valence-corrected chi connectivity index (χ4v) is 2.94. The Balaban J connectivity index is 2.11. The van der Waals surface area contributed by atoms with E-state index in [2.05, 4.69) is 21.5 Å². The fourth-order valence-electron chi connectivity index (χ4n) is 2.94. The number of aryl methyl sites for hydroxylation is 1. The molecule has 1 saturated carbocycles. The second-order valence-electron chi connectivity index (χ2n) is 5.05. The first-order chi connectivity index (χ1) is 8.27. The molecule has 0 saturated heterocycles. The van der Waals surface area contributed by atoms with E-state index in [1.165, 1.54) is 37.7 Å². The molecule has 0 aliphatic heterocycles. The average molecular weight is 230 g/mol. The van der Waals surface area contributed by atoms with Crippen molar-refractivity contribution in [3.05, 3.63) is 17.2 Å². The van der Waals surface area contributed by atoms with Gasteiger partial charge in [-0.3, -0.25) is 5.10 Å². The number of rotatable bonds is 1. The van der Waals surface area contributed by atoms with Crippen LogP contribution in [0.1, 0.15) is 49.1 Å². The standard InChI is InChI=1S/C13H18N4/c1-8-12(14)10(9-5-3-2-4-6-9)7-11-13(8)16-17-15-11/h7,9H,2-6,14H2,1H3,(H,15,16,17). The predicted octanol–water partition coefficient (Wildman–Crippen LogP) is 2.90. The van der Waals surface area contributed by atoms with Gasteiger partial charge >= 0.3 is 0 Å². The number of benzene rings is 1. The van der Waals surface area contributed by atoms with Crippen molar-refractivity contribution in [3.63, 3.8) is 0 Å². The third kappa shape index (κ3) is 1.68. The molecule has 4 heteroatoms. The Morgan fingerprint density at radius 2 is 2.06 bits per heavy atom. The lowest BCUT2D eigenvalue weighted by molar-refractivity contribution is 0.444. The van der Waals surface area contributed by atoms with Gasteiger partial charge in [0.2, 0.25) is 0 Å². The quantitative estimate of drug-likeness (QED) is 0.740. The number of hydrogen-bond donors (Lipinski definition) is 2. The van der Waals surface area contributed by atoms with Crippen LogP contribution in [-0.2, 0) is 0 Å². The van der Waals surface area contributed by atoms with Crippen molar-refractivity contribution < 1.29 is 0 Å². The van der Waals surface area contributed by atoms with E-state index in [1.807, 2.05) is 6.92 Å². The molecule has 1 fully saturated rings. The smallest absolute Gasteiger partial charge is 0.117 e. The largest absolute Gasteiger partial charge is 0.398 e. The molecule has 17 heavy (non-hydrogen) atoms. The molecule has 0 spiro atoms. The Morgan fingerprint density at radius 3 is 2.82 bits per heavy atom. The number of nitrogens with zero attached hydrogens (tertiary/aromatic N) is 2. The van der Waals surface area contributed by atoms with Crippen LogP contribution in [-0.4, -0.2) is 15.4 Å². The highest BCUT2D eigenvalue weighted by atomic mass is 15.3. The molecule has 4 nitrogen and oxygen atoms in total. The van der Waals surface area contributed by atoms with Crippen LogP contribution in [0, 0.1) is 6.92 Å². The second-order valence-corrected chi connectivity index (χ2v) is 5.05. The maximum atomic E-state index is 6.26. The van der Waals surface area contributed by atoms with Gasteiger partial charge in [0, 0.05) is 11.3 Å². The minimum atomic E-state index is 0.621. The lowest BCUT2D eigenvalue weighted by Crippen LogP contribution is -2.08. The van der Waals surface area contributed by atoms with E-state index in [0.717, 1.165) is 22.3 Å². The van der Waals surface area contributed by atoms with E-state index in [0.29, 0.717) is 5.92 Å². The van der Waals surface area contributed by atoms with Gasteiger partial charge in [-0.1, -0.05) is 24.5 Å². The maximum Gasteiger partial charge on any atom is 0.117 e. The van der Waals surface area contributed by atoms with Gasteiger partial charge in [-0.25, -0.2) is 0 Å². The van der Waals surface area contributed by atoms with Gasteiger partial charge in [0.1, 0.15) is 5.52 Å². The number of aromatic amines is 1. The number of anilines is 1. The molecular formula is C13H18N4. The monoisotopic (exact) mass is 230 g/mol. The van der Waals surface area contributed by atoms with Crippen molar-refractivity contribution in [1.82, 2.24) is 15.4 Å². The molecule has 1 heterocycles. The minimum Gasteiger partial charge on any atom is -0.398 e. The van der Waals surface area contributed by atoms with Gasteiger partial charge < -0.3 is 5.73 Å². The summed E-state index contributed by atoms with van der Waals surface area (Å²) in [5, 5.41) is 10.9. The summed E-state index contributed by atoms with van der Waals surface area (Å²) >= 11 is 0. The number of aromatic nitrogens is 3. The van der Waals surface area contributed by atoms with Gasteiger partial charge in [-0.15, -0.1) is 5.10 Å². The summed E-state index contributed by atoms with van der Waals surface area (Å²) < 4.78 is 0. The van der Waals surface area contributed by atoms with Gasteiger partial charge in [0.25, 0.3) is 0 Å². The Bertz CT molecular complexity index is 538. The Morgan fingerprint density at radius 1 is 1.29 bits per heavy atom. The van der Waals surface area contributed by atoms with Crippen LogP contribution >= 0.6 is 0 Å². The van der Waals surface area contributed by atoms with Crippen LogP contribution < -0.4 is 5.73 Å². The number of nitrogen functional groups attached to an aromatic ring is 1. The zero-order valence-corrected chi connectivity index (χ0v) is 10.2. The Labute approximate surface area is 101 Å². The fraction of sp³-hybridized carbons (Fsp3) is 0.538. The highest BCUT2D eigenvalue weighted by Crippen LogP contribution is 2.38. The summed E-state index contributed by atoms with van der Waals surface area (Å²) in [5.74, 6) is 0.621. The zero-order chi connectivity index (χ0) is 11.8. The maximum absolute atomic E-state index is 6.26. The van der Waals surface area contributed by atoms with Crippen molar-refractivity contribution in [2.75, 3.05) is 5.73 Å². The van der Waals surface area contributed by atoms with Crippen LogP contribution in [0.3, 0.4) is 0 Å². The van der Waals surface area contributed by atoms with E-state index >= 15 is 0 Å². The summed E-state index contributed by atoms with van der Waals surface area (Å²) in [7, 11) is 0. The minimum absolute atomic E-state index is 0.621. The molecule has 0 bridgehead atoms. The van der Waals surface area contributed by atoms with E-state index in [1.54, 1.807) is 0 Å². The Kier molecular flexibility index (Phi) is 2.50. The third-order valence-electron chi connectivity index (χ3n) is 3.99. The predicted molar refractivity (Wildman–Crippen MR) is 68.9 cm³/mol. The van der Waals surface area contributed by atoms with Crippen LogP contribution in [0.5, 0.6) is 0 Å². The summed E-state index contributed by atoms with van der Waals surface area (Å²) in [6.45, 7) is 2.03. The van der Waals surface area contributed by atoms with Crippen molar-refractivity contribution in [2.24, 2.45) is 0 Å². The highest BCUT2D eigenvalue weighted by molar-refractivity contribution is 5.84. The van der Waals surface area contributed by atoms with Crippen molar-refractivity contribution in [2.45, 2.75) is 44.9 Å². The molecule has 0 amide bonds. The normalized spacial score (nSPS) is 17.7. The number of hydrogen-bond acceptors (Lipinski definition) is 3. The summed E-state index contributed by atoms with van der Waals surface area (Å²) in [6.07, 6.45) is 6.53. The topological polar surface area (TPSA) is 67.6 Å². The van der Waals surface area contributed by atoms with E-state index in [9.17, 15) is 0 Å². The lowest BCUT2D eigenvalue weighted by Gasteiger charge is -2.24. The van der Waals surface area contributed by atoms with E-state index in [-0.39, 0.29) is 0 Å². The molecule has 0 unspecified atom stereocenters. The van der Waals surface area contributed by atoms with Gasteiger partial charge in [-0.05, 0) is 37.3 Å². The van der Waals surface area contributed by atoms with Crippen molar-refractivity contribution in [3.8, 4) is 0 Å². The summed E-state index contributed by atoms with van der Waals surface area (Å²) in [5.41, 5.74) is 11.4. The first-order valence-corrected chi connectivity index (χ1v) is 6.37. The third-order valence-corrected chi connectivity index (χ3v) is 3.99. The van der Waals surface area contributed by atoms with Gasteiger partial charge in [-0.2, -0.15) is 0 Å². The number of nitrogens with two attached hydrogens (primary N) is 1. The molecule has 0 atom stereocenters. The van der Waals surface area contributed by atoms with E-state index < -0.39 is 0 Å². The second kappa shape index (κ2) is 4.02. The number of H-pyrrole nitrogens is 1. The number of fused-ring (bicyclic) bond motifs is 1. The molecule has 1 aromatic heterocycles. The molecule has 1 aliphatic rings. The van der Waals surface area contributed by atoms with Crippen LogP contribution in [0.15, 0.2) is 6.07 Å². The molecule has 90 valence electrons. The van der Waals surface area contributed by atoms with E-state index in [4.69, 9.17) is 5.73 Å². The zero-order valence-electron chi connectivity index (χ0n) is 10.2. The first-order valence-electron chi connectivity index (χ1n) is 6.37. The van der Waals surface area contributed by atoms with Crippen molar-refractivity contribution >= 4 is 16.7 Å².